The molecule has 1 aromatic carbocycles. The third-order valence-electron chi connectivity index (χ3n) is 3.54. The largest absolute Gasteiger partial charge is 0.312 e. The van der Waals surface area contributed by atoms with Gasteiger partial charge in [-0.2, -0.15) is 5.10 Å². The first kappa shape index (κ1) is 15.6. The highest BCUT2D eigenvalue weighted by Gasteiger charge is 2.22. The molecule has 21 heavy (non-hydrogen) atoms. The minimum atomic E-state index is -0.919. The minimum absolute atomic E-state index is 0.154. The Bertz CT molecular complexity index is 614. The van der Waals surface area contributed by atoms with E-state index in [4.69, 9.17) is 0 Å². The lowest BCUT2D eigenvalue weighted by molar-refractivity contribution is 0.468. The summed E-state index contributed by atoms with van der Waals surface area (Å²) in [4.78, 5) is 0. The molecule has 1 N–H and O–H groups in total. The standard InChI is InChI=1S/C15H18F3N3/c1-4-10-7-11(21(3)20-10)8-14(19-2)15-12(17)5-9(16)6-13(15)18/h5-7,14,19H,4,8H2,1-3H3. The Hall–Kier alpha value is -1.82. The van der Waals surface area contributed by atoms with Gasteiger partial charge in [-0.25, -0.2) is 13.2 Å². The topological polar surface area (TPSA) is 29.9 Å². The van der Waals surface area contributed by atoms with Crippen molar-refractivity contribution < 1.29 is 13.2 Å². The average Bonchev–Trinajstić information content (AvgIpc) is 2.77. The van der Waals surface area contributed by atoms with E-state index >= 15 is 0 Å². The Balaban J connectivity index is 2.34. The van der Waals surface area contributed by atoms with E-state index in [-0.39, 0.29) is 5.56 Å². The molecule has 6 heteroatoms. The van der Waals surface area contributed by atoms with Crippen LogP contribution in [0.15, 0.2) is 18.2 Å². The molecule has 0 bridgehead atoms. The van der Waals surface area contributed by atoms with Gasteiger partial charge in [0, 0.05) is 42.9 Å². The lowest BCUT2D eigenvalue weighted by atomic mass is 10.0. The summed E-state index contributed by atoms with van der Waals surface area (Å²) in [5.41, 5.74) is 1.62. The molecule has 0 saturated heterocycles. The SMILES string of the molecule is CCc1cc(CC(NC)c2c(F)cc(F)cc2F)n(C)n1. The zero-order valence-electron chi connectivity index (χ0n) is 12.3. The fourth-order valence-corrected chi connectivity index (χ4v) is 2.38. The maximum absolute atomic E-state index is 13.9. The monoisotopic (exact) mass is 297 g/mol. The number of nitrogens with zero attached hydrogens (tertiary/aromatic N) is 2. The molecule has 3 nitrogen and oxygen atoms in total. The van der Waals surface area contributed by atoms with Gasteiger partial charge in [0.25, 0.3) is 0 Å². The normalized spacial score (nSPS) is 12.7. The predicted molar refractivity (Wildman–Crippen MR) is 74.4 cm³/mol. The van der Waals surface area contributed by atoms with Crippen molar-refractivity contribution in [3.05, 3.63) is 52.6 Å². The number of aryl methyl sites for hydroxylation is 2. The number of likely N-dealkylation sites (N-methyl/N-ethyl adjacent to an activating group) is 1. The molecular formula is C15H18F3N3. The van der Waals surface area contributed by atoms with Gasteiger partial charge in [-0.1, -0.05) is 6.92 Å². The molecule has 0 aliphatic carbocycles. The number of hydrogen-bond donors (Lipinski definition) is 1. The van der Waals surface area contributed by atoms with Crippen LogP contribution in [0.3, 0.4) is 0 Å². The van der Waals surface area contributed by atoms with Gasteiger partial charge in [0.1, 0.15) is 17.5 Å². The van der Waals surface area contributed by atoms with Crippen molar-refractivity contribution in [1.82, 2.24) is 15.1 Å². The lowest BCUT2D eigenvalue weighted by Gasteiger charge is -2.18. The Morgan fingerprint density at radius 2 is 1.81 bits per heavy atom. The van der Waals surface area contributed by atoms with E-state index in [1.165, 1.54) is 0 Å². The van der Waals surface area contributed by atoms with E-state index in [9.17, 15) is 13.2 Å². The summed E-state index contributed by atoms with van der Waals surface area (Å²) in [5.74, 6) is -2.69. The first-order valence-corrected chi connectivity index (χ1v) is 6.79. The predicted octanol–water partition coefficient (Wildman–Crippen LogP) is 2.90. The highest BCUT2D eigenvalue weighted by molar-refractivity contribution is 5.26. The van der Waals surface area contributed by atoms with Crippen LogP contribution in [0.4, 0.5) is 13.2 Å². The van der Waals surface area contributed by atoms with Gasteiger partial charge in [0.2, 0.25) is 0 Å². The van der Waals surface area contributed by atoms with E-state index in [0.29, 0.717) is 18.6 Å². The molecule has 0 saturated carbocycles. The molecule has 1 atom stereocenters. The van der Waals surface area contributed by atoms with Crippen LogP contribution in [0, 0.1) is 17.5 Å². The molecular weight excluding hydrogens is 279 g/mol. The number of halogens is 3. The number of hydrogen-bond acceptors (Lipinski definition) is 2. The summed E-state index contributed by atoms with van der Waals surface area (Å²) in [6.07, 6.45) is 1.15. The van der Waals surface area contributed by atoms with Crippen LogP contribution in [0.5, 0.6) is 0 Å². The smallest absolute Gasteiger partial charge is 0.133 e. The molecule has 1 aromatic heterocycles. The van der Waals surface area contributed by atoms with E-state index in [2.05, 4.69) is 10.4 Å². The highest BCUT2D eigenvalue weighted by Crippen LogP contribution is 2.25. The lowest BCUT2D eigenvalue weighted by Crippen LogP contribution is -2.22. The number of nitrogens with one attached hydrogen (secondary N) is 1. The Labute approximate surface area is 121 Å². The molecule has 114 valence electrons. The summed E-state index contributed by atoms with van der Waals surface area (Å²) in [7, 11) is 3.41. The van der Waals surface area contributed by atoms with E-state index in [1.54, 1.807) is 18.8 Å². The molecule has 1 heterocycles. The molecule has 1 unspecified atom stereocenters. The molecule has 2 aromatic rings. The third-order valence-corrected chi connectivity index (χ3v) is 3.54. The van der Waals surface area contributed by atoms with Crippen molar-refractivity contribution >= 4 is 0 Å². The average molecular weight is 297 g/mol. The second-order valence-electron chi connectivity index (χ2n) is 4.93. The van der Waals surface area contributed by atoms with Crippen LogP contribution in [-0.4, -0.2) is 16.8 Å². The van der Waals surface area contributed by atoms with Crippen LogP contribution in [-0.2, 0) is 19.9 Å². The fourth-order valence-electron chi connectivity index (χ4n) is 2.38. The first-order chi connectivity index (χ1) is 9.96. The first-order valence-electron chi connectivity index (χ1n) is 6.79. The third kappa shape index (κ3) is 3.26. The van der Waals surface area contributed by atoms with Crippen molar-refractivity contribution in [3.8, 4) is 0 Å². The zero-order valence-corrected chi connectivity index (χ0v) is 12.3. The van der Waals surface area contributed by atoms with Gasteiger partial charge in [0.05, 0.1) is 5.69 Å². The second kappa shape index (κ2) is 6.30. The molecule has 0 aliphatic heterocycles. The Kier molecular flexibility index (Phi) is 4.67. The van der Waals surface area contributed by atoms with Gasteiger partial charge in [-0.3, -0.25) is 4.68 Å². The van der Waals surface area contributed by atoms with Crippen molar-refractivity contribution in [2.75, 3.05) is 7.05 Å². The molecule has 0 spiro atoms. The van der Waals surface area contributed by atoms with Crippen molar-refractivity contribution in [1.29, 1.82) is 0 Å². The summed E-state index contributed by atoms with van der Waals surface area (Å²) < 4.78 is 42.5. The van der Waals surface area contributed by atoms with Crippen molar-refractivity contribution in [3.63, 3.8) is 0 Å². The molecule has 0 fully saturated rings. The Morgan fingerprint density at radius 1 is 1.19 bits per heavy atom. The van der Waals surface area contributed by atoms with E-state index < -0.39 is 23.5 Å². The zero-order chi connectivity index (χ0) is 15.6. The summed E-state index contributed by atoms with van der Waals surface area (Å²) in [5, 5.41) is 7.19. The number of benzene rings is 1. The summed E-state index contributed by atoms with van der Waals surface area (Å²) in [6, 6.07) is 2.71. The molecule has 0 aliphatic rings. The summed E-state index contributed by atoms with van der Waals surface area (Å²) >= 11 is 0. The van der Waals surface area contributed by atoms with Crippen LogP contribution < -0.4 is 5.32 Å². The highest BCUT2D eigenvalue weighted by atomic mass is 19.1. The van der Waals surface area contributed by atoms with Crippen LogP contribution in [0.2, 0.25) is 0 Å². The van der Waals surface area contributed by atoms with Gasteiger partial charge >= 0.3 is 0 Å². The second-order valence-corrected chi connectivity index (χ2v) is 4.93. The van der Waals surface area contributed by atoms with Crippen LogP contribution in [0.25, 0.3) is 0 Å². The summed E-state index contributed by atoms with van der Waals surface area (Å²) in [6.45, 7) is 1.99. The number of aromatic nitrogens is 2. The van der Waals surface area contributed by atoms with Gasteiger partial charge in [-0.15, -0.1) is 0 Å². The van der Waals surface area contributed by atoms with Gasteiger partial charge in [-0.05, 0) is 19.5 Å². The van der Waals surface area contributed by atoms with Gasteiger partial charge < -0.3 is 5.32 Å². The quantitative estimate of drug-likeness (QED) is 0.919. The van der Waals surface area contributed by atoms with Crippen LogP contribution in [0.1, 0.15) is 29.9 Å². The fraction of sp³-hybridized carbons (Fsp3) is 0.400. The van der Waals surface area contributed by atoms with E-state index in [1.807, 2.05) is 13.0 Å². The van der Waals surface area contributed by atoms with Crippen molar-refractivity contribution in [2.24, 2.45) is 7.05 Å². The van der Waals surface area contributed by atoms with Crippen molar-refractivity contribution in [2.45, 2.75) is 25.8 Å². The Morgan fingerprint density at radius 3 is 2.29 bits per heavy atom. The maximum atomic E-state index is 13.9. The molecule has 0 radical (unpaired) electrons. The van der Waals surface area contributed by atoms with E-state index in [0.717, 1.165) is 17.8 Å². The number of rotatable bonds is 5. The van der Waals surface area contributed by atoms with Crippen LogP contribution >= 0.6 is 0 Å². The van der Waals surface area contributed by atoms with Gasteiger partial charge in [0.15, 0.2) is 0 Å². The minimum Gasteiger partial charge on any atom is -0.312 e. The molecule has 2 rings (SSSR count). The molecule has 0 amide bonds. The maximum Gasteiger partial charge on any atom is 0.133 e.